The van der Waals surface area contributed by atoms with Gasteiger partial charge in [0.1, 0.15) is 5.69 Å². The molecule has 0 amide bonds. The van der Waals surface area contributed by atoms with Crippen LogP contribution in [0.5, 0.6) is 0 Å². The Balaban J connectivity index is 2.05. The average molecular weight is 278 g/mol. The number of pyridine rings is 2. The van der Waals surface area contributed by atoms with Crippen LogP contribution in [0.3, 0.4) is 0 Å². The first-order valence-corrected chi connectivity index (χ1v) is 6.68. The highest BCUT2D eigenvalue weighted by atomic mass is 16.1. The molecule has 3 rings (SSSR count). The van der Waals surface area contributed by atoms with Crippen LogP contribution in [0.15, 0.2) is 65.7 Å². The second-order valence-corrected chi connectivity index (χ2v) is 4.65. The largest absolute Gasteiger partial charge is 0.268 e. The summed E-state index contributed by atoms with van der Waals surface area (Å²) in [5, 5.41) is 4.42. The number of nitrogens with zero attached hydrogens (tertiary/aromatic N) is 4. The fourth-order valence-corrected chi connectivity index (χ4v) is 2.10. The van der Waals surface area contributed by atoms with Crippen LogP contribution in [-0.4, -0.2) is 19.7 Å². The van der Waals surface area contributed by atoms with Crippen molar-refractivity contribution in [1.29, 1.82) is 0 Å². The third-order valence-corrected chi connectivity index (χ3v) is 3.24. The minimum atomic E-state index is -0.234. The summed E-state index contributed by atoms with van der Waals surface area (Å²) in [5.41, 5.74) is 2.04. The molecule has 0 fully saturated rings. The fourth-order valence-electron chi connectivity index (χ4n) is 2.10. The lowest BCUT2D eigenvalue weighted by Gasteiger charge is -2.14. The normalized spacial score (nSPS) is 12.0. The molecule has 1 unspecified atom stereocenters. The SMILES string of the molecule is CC(c1ccccn1)n1nc(-c2ccccn2)ccc1=O. The first-order valence-electron chi connectivity index (χ1n) is 6.68. The monoisotopic (exact) mass is 278 g/mol. The van der Waals surface area contributed by atoms with Crippen LogP contribution in [-0.2, 0) is 0 Å². The van der Waals surface area contributed by atoms with Crippen LogP contribution in [0, 0.1) is 0 Å². The molecule has 0 saturated heterocycles. The quantitative estimate of drug-likeness (QED) is 0.737. The van der Waals surface area contributed by atoms with Gasteiger partial charge < -0.3 is 0 Å². The van der Waals surface area contributed by atoms with Gasteiger partial charge in [-0.05, 0) is 37.3 Å². The second-order valence-electron chi connectivity index (χ2n) is 4.65. The zero-order valence-corrected chi connectivity index (χ0v) is 11.5. The highest BCUT2D eigenvalue weighted by Crippen LogP contribution is 2.15. The minimum absolute atomic E-state index is 0.159. The Morgan fingerprint density at radius 2 is 1.67 bits per heavy atom. The van der Waals surface area contributed by atoms with E-state index >= 15 is 0 Å². The molecule has 5 nitrogen and oxygen atoms in total. The molecule has 21 heavy (non-hydrogen) atoms. The first-order chi connectivity index (χ1) is 10.3. The van der Waals surface area contributed by atoms with Crippen LogP contribution < -0.4 is 5.56 Å². The summed E-state index contributed by atoms with van der Waals surface area (Å²) in [4.78, 5) is 20.6. The van der Waals surface area contributed by atoms with Crippen molar-refractivity contribution in [1.82, 2.24) is 19.7 Å². The van der Waals surface area contributed by atoms with Crippen molar-refractivity contribution in [2.24, 2.45) is 0 Å². The molecular formula is C16H14N4O. The molecule has 0 saturated carbocycles. The Bertz CT molecular complexity index is 784. The van der Waals surface area contributed by atoms with E-state index in [0.717, 1.165) is 11.4 Å². The molecule has 1 atom stereocenters. The molecule has 0 radical (unpaired) electrons. The smallest absolute Gasteiger partial charge is 0.267 e. The van der Waals surface area contributed by atoms with E-state index < -0.39 is 0 Å². The molecule has 0 spiro atoms. The van der Waals surface area contributed by atoms with E-state index in [-0.39, 0.29) is 11.6 Å². The van der Waals surface area contributed by atoms with Gasteiger partial charge in [-0.3, -0.25) is 14.8 Å². The van der Waals surface area contributed by atoms with E-state index in [4.69, 9.17) is 0 Å². The number of hydrogen-bond acceptors (Lipinski definition) is 4. The summed E-state index contributed by atoms with van der Waals surface area (Å²) in [6, 6.07) is 14.2. The highest BCUT2D eigenvalue weighted by molar-refractivity contribution is 5.52. The molecule has 0 aromatic carbocycles. The van der Waals surface area contributed by atoms with Crippen LogP contribution in [0.1, 0.15) is 18.7 Å². The van der Waals surface area contributed by atoms with E-state index in [1.165, 1.54) is 10.7 Å². The lowest BCUT2D eigenvalue weighted by Crippen LogP contribution is -2.26. The van der Waals surface area contributed by atoms with Gasteiger partial charge in [0.25, 0.3) is 5.56 Å². The summed E-state index contributed by atoms with van der Waals surface area (Å²) in [6.07, 6.45) is 3.41. The Morgan fingerprint density at radius 3 is 2.33 bits per heavy atom. The highest BCUT2D eigenvalue weighted by Gasteiger charge is 2.13. The zero-order valence-electron chi connectivity index (χ0n) is 11.5. The molecule has 3 heterocycles. The molecular weight excluding hydrogens is 264 g/mol. The van der Waals surface area contributed by atoms with Gasteiger partial charge >= 0.3 is 0 Å². The summed E-state index contributed by atoms with van der Waals surface area (Å²) in [5.74, 6) is 0. The molecule has 3 aromatic heterocycles. The van der Waals surface area contributed by atoms with Gasteiger partial charge in [0, 0.05) is 18.5 Å². The number of aromatic nitrogens is 4. The fraction of sp³-hybridized carbons (Fsp3) is 0.125. The maximum atomic E-state index is 12.1. The van der Waals surface area contributed by atoms with Crippen LogP contribution in [0.2, 0.25) is 0 Å². The maximum absolute atomic E-state index is 12.1. The van der Waals surface area contributed by atoms with Crippen molar-refractivity contribution >= 4 is 0 Å². The molecule has 3 aromatic rings. The summed E-state index contributed by atoms with van der Waals surface area (Å²) >= 11 is 0. The van der Waals surface area contributed by atoms with Crippen molar-refractivity contribution < 1.29 is 0 Å². The second kappa shape index (κ2) is 5.66. The van der Waals surface area contributed by atoms with Gasteiger partial charge in [-0.25, -0.2) is 4.68 Å². The minimum Gasteiger partial charge on any atom is -0.268 e. The Labute approximate surface area is 121 Å². The predicted octanol–water partition coefficient (Wildman–Crippen LogP) is 2.31. The van der Waals surface area contributed by atoms with Gasteiger partial charge in [0.2, 0.25) is 0 Å². The average Bonchev–Trinajstić information content (AvgIpc) is 2.56. The van der Waals surface area contributed by atoms with Crippen LogP contribution in [0.25, 0.3) is 11.4 Å². The number of hydrogen-bond donors (Lipinski definition) is 0. The Kier molecular flexibility index (Phi) is 3.55. The lowest BCUT2D eigenvalue weighted by molar-refractivity contribution is 0.522. The molecule has 0 N–H and O–H groups in total. The summed E-state index contributed by atoms with van der Waals surface area (Å²) in [7, 11) is 0. The van der Waals surface area contributed by atoms with Gasteiger partial charge in [-0.15, -0.1) is 0 Å². The van der Waals surface area contributed by atoms with Crippen molar-refractivity contribution in [2.75, 3.05) is 0 Å². The zero-order chi connectivity index (χ0) is 14.7. The molecule has 0 aliphatic heterocycles. The third-order valence-electron chi connectivity index (χ3n) is 3.24. The van der Waals surface area contributed by atoms with Crippen LogP contribution >= 0.6 is 0 Å². The van der Waals surface area contributed by atoms with Crippen molar-refractivity contribution in [3.8, 4) is 11.4 Å². The Morgan fingerprint density at radius 1 is 0.905 bits per heavy atom. The molecule has 0 aliphatic carbocycles. The maximum Gasteiger partial charge on any atom is 0.267 e. The summed E-state index contributed by atoms with van der Waals surface area (Å²) < 4.78 is 1.44. The first kappa shape index (κ1) is 13.2. The van der Waals surface area contributed by atoms with Gasteiger partial charge in [-0.1, -0.05) is 12.1 Å². The third kappa shape index (κ3) is 2.72. The van der Waals surface area contributed by atoms with E-state index in [0.29, 0.717) is 5.69 Å². The standard InChI is InChI=1S/C16H14N4O/c1-12(13-6-2-4-10-17-13)20-16(21)9-8-15(19-20)14-7-3-5-11-18-14/h2-12H,1H3. The van der Waals surface area contributed by atoms with E-state index in [9.17, 15) is 4.79 Å². The lowest BCUT2D eigenvalue weighted by atomic mass is 10.2. The van der Waals surface area contributed by atoms with Crippen LogP contribution in [0.4, 0.5) is 0 Å². The molecule has 5 heteroatoms. The molecule has 104 valence electrons. The molecule has 0 aliphatic rings. The summed E-state index contributed by atoms with van der Waals surface area (Å²) in [6.45, 7) is 1.90. The Hall–Kier alpha value is -2.82. The predicted molar refractivity (Wildman–Crippen MR) is 79.8 cm³/mol. The van der Waals surface area contributed by atoms with Crippen molar-refractivity contribution in [3.63, 3.8) is 0 Å². The van der Waals surface area contributed by atoms with Crippen molar-refractivity contribution in [3.05, 3.63) is 77.0 Å². The van der Waals surface area contributed by atoms with Gasteiger partial charge in [0.05, 0.1) is 17.4 Å². The van der Waals surface area contributed by atoms with Gasteiger partial charge in [-0.2, -0.15) is 5.10 Å². The molecule has 0 bridgehead atoms. The van der Waals surface area contributed by atoms with E-state index in [2.05, 4.69) is 15.1 Å². The van der Waals surface area contributed by atoms with E-state index in [1.54, 1.807) is 18.5 Å². The van der Waals surface area contributed by atoms with Gasteiger partial charge in [0.15, 0.2) is 0 Å². The number of rotatable bonds is 3. The van der Waals surface area contributed by atoms with Crippen molar-refractivity contribution in [2.45, 2.75) is 13.0 Å². The van der Waals surface area contributed by atoms with E-state index in [1.807, 2.05) is 43.3 Å². The topological polar surface area (TPSA) is 60.7 Å².